The van der Waals surface area contributed by atoms with Crippen molar-refractivity contribution in [3.8, 4) is 11.4 Å². The summed E-state index contributed by atoms with van der Waals surface area (Å²) in [6, 6.07) is 6.64. The predicted octanol–water partition coefficient (Wildman–Crippen LogP) is 1.79. The maximum absolute atomic E-state index is 9.03. The smallest absolute Gasteiger partial charge is 0.160 e. The summed E-state index contributed by atoms with van der Waals surface area (Å²) < 4.78 is 0. The number of hydrogen-bond donors (Lipinski definition) is 2. The first-order valence-electron chi connectivity index (χ1n) is 5.15. The van der Waals surface area contributed by atoms with Crippen LogP contribution in [0.2, 0.25) is 5.02 Å². The van der Waals surface area contributed by atoms with Gasteiger partial charge in [-0.05, 0) is 23.8 Å². The van der Waals surface area contributed by atoms with Gasteiger partial charge in [0.15, 0.2) is 5.82 Å². The summed E-state index contributed by atoms with van der Waals surface area (Å²) in [4.78, 5) is 8.27. The first kappa shape index (κ1) is 12.0. The minimum absolute atomic E-state index is 0.114. The van der Waals surface area contributed by atoms with Crippen molar-refractivity contribution in [2.24, 2.45) is 5.73 Å². The fourth-order valence-corrected chi connectivity index (χ4v) is 1.69. The van der Waals surface area contributed by atoms with Gasteiger partial charge in [0.25, 0.3) is 0 Å². The van der Waals surface area contributed by atoms with E-state index in [4.69, 9.17) is 22.4 Å². The standard InChI is InChI=1S/C12H12ClN3O/c13-10-3-2-8(11(14)7-17)6-9(10)12-15-4-1-5-16-12/h1-6,11,17H,7,14H2. The fraction of sp³-hybridized carbons (Fsp3) is 0.167. The molecule has 88 valence electrons. The Morgan fingerprint density at radius 3 is 2.65 bits per heavy atom. The summed E-state index contributed by atoms with van der Waals surface area (Å²) in [5.74, 6) is 0.546. The molecule has 3 N–H and O–H groups in total. The number of rotatable bonds is 3. The van der Waals surface area contributed by atoms with Gasteiger partial charge in [0.1, 0.15) is 0 Å². The van der Waals surface area contributed by atoms with E-state index in [2.05, 4.69) is 9.97 Å². The molecule has 5 heteroatoms. The molecule has 0 saturated carbocycles. The van der Waals surface area contributed by atoms with Crippen LogP contribution in [0.25, 0.3) is 11.4 Å². The molecule has 0 saturated heterocycles. The van der Waals surface area contributed by atoms with Crippen molar-refractivity contribution in [3.63, 3.8) is 0 Å². The quantitative estimate of drug-likeness (QED) is 0.870. The van der Waals surface area contributed by atoms with E-state index in [1.807, 2.05) is 0 Å². The molecule has 0 bridgehead atoms. The van der Waals surface area contributed by atoms with Crippen molar-refractivity contribution < 1.29 is 5.11 Å². The third-order valence-corrected chi connectivity index (χ3v) is 2.75. The van der Waals surface area contributed by atoms with Crippen LogP contribution >= 0.6 is 11.6 Å². The van der Waals surface area contributed by atoms with Crippen LogP contribution in [0.15, 0.2) is 36.7 Å². The van der Waals surface area contributed by atoms with Crippen molar-refractivity contribution >= 4 is 11.6 Å². The molecule has 0 radical (unpaired) electrons. The third-order valence-electron chi connectivity index (χ3n) is 2.42. The second kappa shape index (κ2) is 5.23. The lowest BCUT2D eigenvalue weighted by Gasteiger charge is -2.11. The Bertz CT molecular complexity index is 504. The summed E-state index contributed by atoms with van der Waals surface area (Å²) >= 11 is 6.10. The Hall–Kier alpha value is -1.49. The number of aromatic nitrogens is 2. The van der Waals surface area contributed by atoms with Crippen molar-refractivity contribution in [2.75, 3.05) is 6.61 Å². The second-order valence-corrected chi connectivity index (χ2v) is 4.01. The molecule has 0 spiro atoms. The highest BCUT2D eigenvalue weighted by atomic mass is 35.5. The second-order valence-electron chi connectivity index (χ2n) is 3.60. The lowest BCUT2D eigenvalue weighted by Crippen LogP contribution is -2.14. The highest BCUT2D eigenvalue weighted by Crippen LogP contribution is 2.27. The van der Waals surface area contributed by atoms with E-state index in [0.717, 1.165) is 5.56 Å². The van der Waals surface area contributed by atoms with Crippen LogP contribution in [0, 0.1) is 0 Å². The minimum Gasteiger partial charge on any atom is -0.394 e. The number of hydrogen-bond acceptors (Lipinski definition) is 4. The van der Waals surface area contributed by atoms with Gasteiger partial charge in [-0.1, -0.05) is 17.7 Å². The zero-order chi connectivity index (χ0) is 12.3. The van der Waals surface area contributed by atoms with Crippen LogP contribution in [0.3, 0.4) is 0 Å². The molecular formula is C12H12ClN3O. The lowest BCUT2D eigenvalue weighted by molar-refractivity contribution is 0.268. The van der Waals surface area contributed by atoms with E-state index < -0.39 is 6.04 Å². The molecule has 0 amide bonds. The molecule has 1 aromatic carbocycles. The van der Waals surface area contributed by atoms with E-state index in [1.54, 1.807) is 36.7 Å². The largest absolute Gasteiger partial charge is 0.394 e. The molecule has 1 aromatic heterocycles. The Morgan fingerprint density at radius 2 is 2.00 bits per heavy atom. The van der Waals surface area contributed by atoms with Gasteiger partial charge in [0.2, 0.25) is 0 Å². The van der Waals surface area contributed by atoms with E-state index in [0.29, 0.717) is 16.4 Å². The van der Waals surface area contributed by atoms with Gasteiger partial charge in [-0.2, -0.15) is 0 Å². The Balaban J connectivity index is 2.47. The zero-order valence-electron chi connectivity index (χ0n) is 9.05. The Labute approximate surface area is 104 Å². The molecule has 17 heavy (non-hydrogen) atoms. The van der Waals surface area contributed by atoms with Gasteiger partial charge in [-0.15, -0.1) is 0 Å². The summed E-state index contributed by atoms with van der Waals surface area (Å²) in [5, 5.41) is 9.59. The van der Waals surface area contributed by atoms with Gasteiger partial charge in [-0.25, -0.2) is 9.97 Å². The van der Waals surface area contributed by atoms with E-state index in [1.165, 1.54) is 0 Å². The number of aliphatic hydroxyl groups is 1. The van der Waals surface area contributed by atoms with Crippen molar-refractivity contribution in [3.05, 3.63) is 47.2 Å². The summed E-state index contributed by atoms with van der Waals surface area (Å²) in [6.07, 6.45) is 3.30. The molecule has 2 aromatic rings. The Kier molecular flexibility index (Phi) is 3.68. The van der Waals surface area contributed by atoms with E-state index in [9.17, 15) is 0 Å². The molecule has 2 rings (SSSR count). The Morgan fingerprint density at radius 1 is 1.29 bits per heavy atom. The van der Waals surface area contributed by atoms with Crippen LogP contribution in [0.5, 0.6) is 0 Å². The third kappa shape index (κ3) is 2.61. The van der Waals surface area contributed by atoms with Gasteiger partial charge >= 0.3 is 0 Å². The normalized spacial score (nSPS) is 12.4. The molecule has 1 atom stereocenters. The minimum atomic E-state index is -0.422. The molecule has 1 unspecified atom stereocenters. The molecule has 1 heterocycles. The van der Waals surface area contributed by atoms with Crippen LogP contribution in [0.4, 0.5) is 0 Å². The summed E-state index contributed by atoms with van der Waals surface area (Å²) in [6.45, 7) is -0.114. The van der Waals surface area contributed by atoms with Gasteiger partial charge in [0.05, 0.1) is 17.7 Å². The van der Waals surface area contributed by atoms with Gasteiger partial charge < -0.3 is 10.8 Å². The number of aliphatic hydroxyl groups excluding tert-OH is 1. The van der Waals surface area contributed by atoms with Crippen LogP contribution in [0.1, 0.15) is 11.6 Å². The molecule has 0 aliphatic rings. The van der Waals surface area contributed by atoms with Crippen molar-refractivity contribution in [1.82, 2.24) is 9.97 Å². The van der Waals surface area contributed by atoms with Crippen LogP contribution in [-0.4, -0.2) is 21.7 Å². The number of benzene rings is 1. The molecular weight excluding hydrogens is 238 g/mol. The molecule has 0 aliphatic carbocycles. The average Bonchev–Trinajstić information content (AvgIpc) is 2.39. The number of nitrogens with zero attached hydrogens (tertiary/aromatic N) is 2. The highest BCUT2D eigenvalue weighted by molar-refractivity contribution is 6.33. The predicted molar refractivity (Wildman–Crippen MR) is 66.5 cm³/mol. The summed E-state index contributed by atoms with van der Waals surface area (Å²) in [7, 11) is 0. The monoisotopic (exact) mass is 249 g/mol. The lowest BCUT2D eigenvalue weighted by atomic mass is 10.0. The van der Waals surface area contributed by atoms with E-state index >= 15 is 0 Å². The molecule has 0 fully saturated rings. The number of nitrogens with two attached hydrogens (primary N) is 1. The van der Waals surface area contributed by atoms with Crippen LogP contribution in [-0.2, 0) is 0 Å². The topological polar surface area (TPSA) is 72.0 Å². The highest BCUT2D eigenvalue weighted by Gasteiger charge is 2.10. The molecule has 4 nitrogen and oxygen atoms in total. The van der Waals surface area contributed by atoms with Crippen molar-refractivity contribution in [2.45, 2.75) is 6.04 Å². The summed E-state index contributed by atoms with van der Waals surface area (Å²) in [5.41, 5.74) is 7.28. The molecule has 0 aliphatic heterocycles. The van der Waals surface area contributed by atoms with Gasteiger partial charge in [0, 0.05) is 18.0 Å². The first-order valence-corrected chi connectivity index (χ1v) is 5.53. The SMILES string of the molecule is NC(CO)c1ccc(Cl)c(-c2ncccn2)c1. The fourth-order valence-electron chi connectivity index (χ4n) is 1.49. The van der Waals surface area contributed by atoms with Gasteiger partial charge in [-0.3, -0.25) is 0 Å². The maximum Gasteiger partial charge on any atom is 0.160 e. The van der Waals surface area contributed by atoms with Crippen molar-refractivity contribution in [1.29, 1.82) is 0 Å². The number of halogens is 1. The first-order chi connectivity index (χ1) is 8.22. The zero-order valence-corrected chi connectivity index (χ0v) is 9.80. The van der Waals surface area contributed by atoms with Crippen LogP contribution < -0.4 is 5.73 Å². The average molecular weight is 250 g/mol. The maximum atomic E-state index is 9.03. The van der Waals surface area contributed by atoms with E-state index in [-0.39, 0.29) is 6.61 Å².